The number of carbonyl (C=O) groups excluding carboxylic acids is 1. The molecular formula is C25H25N3O5. The summed E-state index contributed by atoms with van der Waals surface area (Å²) in [6, 6.07) is 18.9. The number of rotatable bonds is 8. The van der Waals surface area contributed by atoms with Crippen molar-refractivity contribution in [1.82, 2.24) is 15.5 Å². The molecule has 1 fully saturated rings. The molecule has 0 atom stereocenters. The summed E-state index contributed by atoms with van der Waals surface area (Å²) in [5.74, 6) is 1.72. The first-order valence-corrected chi connectivity index (χ1v) is 10.7. The standard InChI is InChI=1S/C25H25N3O5/c1-25(2,16-3-8-20(9-4-16)32-22-13-19(14-22)26-24(30)31)17-5-10-21(11-6-17)33-23-12-7-18(15-29)27-28-23/h3-12,15,19,22,26H,13-14H2,1-2H3,(H,30,31). The van der Waals surface area contributed by atoms with Gasteiger partial charge in [0.25, 0.3) is 0 Å². The SMILES string of the molecule is CC(C)(c1ccc(Oc2ccc(C=O)nn2)cc1)c1ccc(OC2CC(NC(=O)O)C2)cc1. The number of nitrogens with zero attached hydrogens (tertiary/aromatic N) is 2. The molecule has 170 valence electrons. The third-order valence-corrected chi connectivity index (χ3v) is 5.88. The van der Waals surface area contributed by atoms with Gasteiger partial charge in [-0.15, -0.1) is 10.2 Å². The van der Waals surface area contributed by atoms with Crippen LogP contribution in [0.3, 0.4) is 0 Å². The van der Waals surface area contributed by atoms with Crippen LogP contribution in [0.15, 0.2) is 60.7 Å². The van der Waals surface area contributed by atoms with Gasteiger partial charge >= 0.3 is 6.09 Å². The minimum atomic E-state index is -0.994. The molecule has 2 aromatic carbocycles. The Bertz CT molecular complexity index is 1110. The first kappa shape index (κ1) is 22.3. The van der Waals surface area contributed by atoms with Gasteiger partial charge in [0.2, 0.25) is 5.88 Å². The van der Waals surface area contributed by atoms with Gasteiger partial charge in [-0.25, -0.2) is 4.79 Å². The fraction of sp³-hybridized carbons (Fsp3) is 0.280. The van der Waals surface area contributed by atoms with E-state index in [1.165, 1.54) is 0 Å². The van der Waals surface area contributed by atoms with Gasteiger partial charge in [0.1, 0.15) is 23.3 Å². The van der Waals surface area contributed by atoms with Gasteiger partial charge in [0.05, 0.1) is 0 Å². The minimum Gasteiger partial charge on any atom is -0.490 e. The van der Waals surface area contributed by atoms with Crippen molar-refractivity contribution < 1.29 is 24.2 Å². The predicted octanol–water partition coefficient (Wildman–Crippen LogP) is 4.58. The molecule has 8 heteroatoms. The predicted molar refractivity (Wildman–Crippen MR) is 121 cm³/mol. The molecule has 0 unspecified atom stereocenters. The second-order valence-corrected chi connectivity index (χ2v) is 8.55. The molecule has 0 radical (unpaired) electrons. The first-order chi connectivity index (χ1) is 15.8. The maximum Gasteiger partial charge on any atom is 0.404 e. The third kappa shape index (κ3) is 5.28. The van der Waals surface area contributed by atoms with Crippen LogP contribution >= 0.6 is 0 Å². The second kappa shape index (κ2) is 9.28. The van der Waals surface area contributed by atoms with Crippen molar-refractivity contribution in [1.29, 1.82) is 0 Å². The summed E-state index contributed by atoms with van der Waals surface area (Å²) in [4.78, 5) is 21.3. The minimum absolute atomic E-state index is 0.0274. The number of hydrogen-bond donors (Lipinski definition) is 2. The lowest BCUT2D eigenvalue weighted by Crippen LogP contribution is -2.48. The number of aromatic nitrogens is 2. The van der Waals surface area contributed by atoms with E-state index < -0.39 is 6.09 Å². The zero-order valence-corrected chi connectivity index (χ0v) is 18.4. The van der Waals surface area contributed by atoms with Crippen LogP contribution in [0.4, 0.5) is 4.79 Å². The maximum absolute atomic E-state index is 10.7. The molecule has 1 aliphatic rings. The first-order valence-electron chi connectivity index (χ1n) is 10.7. The van der Waals surface area contributed by atoms with Crippen LogP contribution in [0.5, 0.6) is 17.4 Å². The molecule has 0 spiro atoms. The zero-order chi connectivity index (χ0) is 23.4. The Labute approximate surface area is 191 Å². The van der Waals surface area contributed by atoms with E-state index in [9.17, 15) is 9.59 Å². The highest BCUT2D eigenvalue weighted by Gasteiger charge is 2.32. The molecule has 33 heavy (non-hydrogen) atoms. The lowest BCUT2D eigenvalue weighted by Gasteiger charge is -2.35. The zero-order valence-electron chi connectivity index (χ0n) is 18.4. The summed E-state index contributed by atoms with van der Waals surface area (Å²) in [5, 5.41) is 18.9. The Kier molecular flexibility index (Phi) is 6.26. The van der Waals surface area contributed by atoms with Crippen LogP contribution in [0.2, 0.25) is 0 Å². The molecule has 1 heterocycles. The van der Waals surface area contributed by atoms with Gasteiger partial charge in [-0.2, -0.15) is 0 Å². The Morgan fingerprint density at radius 3 is 2.09 bits per heavy atom. The van der Waals surface area contributed by atoms with Crippen LogP contribution in [-0.4, -0.2) is 39.8 Å². The number of aldehydes is 1. The number of nitrogens with one attached hydrogen (secondary N) is 1. The highest BCUT2D eigenvalue weighted by molar-refractivity contribution is 5.71. The largest absolute Gasteiger partial charge is 0.490 e. The Morgan fingerprint density at radius 2 is 1.58 bits per heavy atom. The van der Waals surface area contributed by atoms with Gasteiger partial charge < -0.3 is 19.9 Å². The van der Waals surface area contributed by atoms with Crippen molar-refractivity contribution in [3.63, 3.8) is 0 Å². The molecule has 0 aliphatic heterocycles. The van der Waals surface area contributed by atoms with Crippen molar-refractivity contribution in [3.8, 4) is 17.4 Å². The van der Waals surface area contributed by atoms with E-state index >= 15 is 0 Å². The van der Waals surface area contributed by atoms with Crippen molar-refractivity contribution in [3.05, 3.63) is 77.5 Å². The van der Waals surface area contributed by atoms with E-state index in [0.29, 0.717) is 30.8 Å². The summed E-state index contributed by atoms with van der Waals surface area (Å²) in [6.07, 6.45) is 1.04. The third-order valence-electron chi connectivity index (χ3n) is 5.88. The van der Waals surface area contributed by atoms with E-state index in [4.69, 9.17) is 14.6 Å². The Hall–Kier alpha value is -3.94. The molecule has 1 amide bonds. The van der Waals surface area contributed by atoms with E-state index in [0.717, 1.165) is 16.9 Å². The van der Waals surface area contributed by atoms with Crippen LogP contribution < -0.4 is 14.8 Å². The van der Waals surface area contributed by atoms with Crippen molar-refractivity contribution in [2.24, 2.45) is 0 Å². The molecule has 2 N–H and O–H groups in total. The van der Waals surface area contributed by atoms with Crippen LogP contribution in [-0.2, 0) is 5.41 Å². The van der Waals surface area contributed by atoms with Gasteiger partial charge in [0.15, 0.2) is 6.29 Å². The fourth-order valence-electron chi connectivity index (χ4n) is 3.77. The van der Waals surface area contributed by atoms with Gasteiger partial charge in [0, 0.05) is 30.4 Å². The molecule has 3 aromatic rings. The lowest BCUT2D eigenvalue weighted by atomic mass is 9.78. The molecular weight excluding hydrogens is 422 g/mol. The fourth-order valence-corrected chi connectivity index (χ4v) is 3.77. The van der Waals surface area contributed by atoms with Crippen LogP contribution in [0.25, 0.3) is 0 Å². The van der Waals surface area contributed by atoms with Gasteiger partial charge in [-0.1, -0.05) is 38.1 Å². The molecule has 4 rings (SSSR count). The van der Waals surface area contributed by atoms with Crippen LogP contribution in [0.1, 0.15) is 48.3 Å². The average Bonchev–Trinajstić information content (AvgIpc) is 2.78. The highest BCUT2D eigenvalue weighted by atomic mass is 16.5. The quantitative estimate of drug-likeness (QED) is 0.486. The summed E-state index contributed by atoms with van der Waals surface area (Å²) in [5.41, 5.74) is 2.27. The average molecular weight is 447 g/mol. The topological polar surface area (TPSA) is 111 Å². The van der Waals surface area contributed by atoms with Gasteiger partial charge in [-0.05, 0) is 41.5 Å². The van der Waals surface area contributed by atoms with Crippen LogP contribution in [0, 0.1) is 0 Å². The normalized spacial score (nSPS) is 17.5. The van der Waals surface area contributed by atoms with E-state index in [1.54, 1.807) is 12.1 Å². The maximum atomic E-state index is 10.7. The highest BCUT2D eigenvalue weighted by Crippen LogP contribution is 2.34. The van der Waals surface area contributed by atoms with Crippen molar-refractivity contribution in [2.75, 3.05) is 0 Å². The van der Waals surface area contributed by atoms with Gasteiger partial charge in [-0.3, -0.25) is 4.79 Å². The number of carbonyl (C=O) groups is 2. The molecule has 1 aliphatic carbocycles. The number of amides is 1. The van der Waals surface area contributed by atoms with Crippen molar-refractivity contribution >= 4 is 12.4 Å². The number of carboxylic acid groups (broad SMARTS) is 1. The van der Waals surface area contributed by atoms with E-state index in [1.807, 2.05) is 36.4 Å². The lowest BCUT2D eigenvalue weighted by molar-refractivity contribution is 0.0833. The number of hydrogen-bond acceptors (Lipinski definition) is 6. The van der Waals surface area contributed by atoms with E-state index in [-0.39, 0.29) is 23.3 Å². The number of benzene rings is 2. The molecule has 8 nitrogen and oxygen atoms in total. The Morgan fingerprint density at radius 1 is 0.970 bits per heavy atom. The summed E-state index contributed by atoms with van der Waals surface area (Å²) in [7, 11) is 0. The Balaban J connectivity index is 1.37. The summed E-state index contributed by atoms with van der Waals surface area (Å²) < 4.78 is 11.6. The van der Waals surface area contributed by atoms with Crippen molar-refractivity contribution in [2.45, 2.75) is 44.2 Å². The summed E-state index contributed by atoms with van der Waals surface area (Å²) in [6.45, 7) is 4.30. The monoisotopic (exact) mass is 447 g/mol. The van der Waals surface area contributed by atoms with E-state index in [2.05, 4.69) is 41.5 Å². The second-order valence-electron chi connectivity index (χ2n) is 8.55. The molecule has 0 saturated heterocycles. The molecule has 1 saturated carbocycles. The summed E-state index contributed by atoms with van der Waals surface area (Å²) >= 11 is 0. The number of ether oxygens (including phenoxy) is 2. The molecule has 1 aromatic heterocycles. The molecule has 0 bridgehead atoms. The smallest absolute Gasteiger partial charge is 0.404 e.